The normalized spacial score (nSPS) is 15.8. The standard InChI is InChI=1S/C14H16N2O4S/c17-12(7-16-9-21-8-13(16)18)15-6-11(14(19)20)10-4-2-1-3-5-10/h1-5,11H,6-9H2,(H,15,17)(H,19,20). The van der Waals surface area contributed by atoms with E-state index < -0.39 is 11.9 Å². The van der Waals surface area contributed by atoms with Crippen LogP contribution in [0.4, 0.5) is 0 Å². The second-order valence-electron chi connectivity index (χ2n) is 4.67. The zero-order valence-corrected chi connectivity index (χ0v) is 12.1. The number of rotatable bonds is 6. The number of thioether (sulfide) groups is 1. The topological polar surface area (TPSA) is 86.7 Å². The average Bonchev–Trinajstić information content (AvgIpc) is 2.85. The number of amides is 2. The fraction of sp³-hybridized carbons (Fsp3) is 0.357. The first-order valence-electron chi connectivity index (χ1n) is 6.48. The quantitative estimate of drug-likeness (QED) is 0.799. The molecule has 1 unspecified atom stereocenters. The van der Waals surface area contributed by atoms with Crippen molar-refractivity contribution in [2.24, 2.45) is 0 Å². The van der Waals surface area contributed by atoms with E-state index in [1.54, 1.807) is 30.3 Å². The SMILES string of the molecule is O=C(CN1CSCC1=O)NCC(C(=O)O)c1ccccc1. The lowest BCUT2D eigenvalue weighted by molar-refractivity contribution is -0.139. The van der Waals surface area contributed by atoms with Gasteiger partial charge in [-0.3, -0.25) is 14.4 Å². The molecule has 2 amide bonds. The number of nitrogens with zero attached hydrogens (tertiary/aromatic N) is 1. The lowest BCUT2D eigenvalue weighted by Crippen LogP contribution is -2.40. The predicted octanol–water partition coefficient (Wildman–Crippen LogP) is 0.504. The Morgan fingerprint density at radius 3 is 2.62 bits per heavy atom. The minimum absolute atomic E-state index is 0.00729. The molecule has 112 valence electrons. The van der Waals surface area contributed by atoms with Crippen molar-refractivity contribution < 1.29 is 19.5 Å². The Kier molecular flexibility index (Phi) is 5.21. The molecule has 0 aliphatic carbocycles. The number of carboxylic acids is 1. The highest BCUT2D eigenvalue weighted by Gasteiger charge is 2.24. The third-order valence-corrected chi connectivity index (χ3v) is 4.11. The van der Waals surface area contributed by atoms with Crippen LogP contribution in [-0.4, -0.2) is 52.5 Å². The monoisotopic (exact) mass is 308 g/mol. The van der Waals surface area contributed by atoms with E-state index in [0.29, 0.717) is 17.2 Å². The van der Waals surface area contributed by atoms with Crippen molar-refractivity contribution in [1.29, 1.82) is 0 Å². The molecule has 0 saturated carbocycles. The van der Waals surface area contributed by atoms with Gasteiger partial charge in [-0.2, -0.15) is 0 Å². The maximum Gasteiger partial charge on any atom is 0.312 e. The van der Waals surface area contributed by atoms with Gasteiger partial charge in [0.2, 0.25) is 11.8 Å². The molecule has 1 aliphatic heterocycles. The number of hydrogen-bond acceptors (Lipinski definition) is 4. The summed E-state index contributed by atoms with van der Waals surface area (Å²) >= 11 is 1.46. The van der Waals surface area contributed by atoms with E-state index in [-0.39, 0.29) is 24.9 Å². The van der Waals surface area contributed by atoms with E-state index >= 15 is 0 Å². The van der Waals surface area contributed by atoms with Crippen LogP contribution in [0.15, 0.2) is 30.3 Å². The van der Waals surface area contributed by atoms with Gasteiger partial charge in [-0.1, -0.05) is 30.3 Å². The van der Waals surface area contributed by atoms with E-state index in [2.05, 4.69) is 5.32 Å². The molecule has 2 rings (SSSR count). The van der Waals surface area contributed by atoms with Gasteiger partial charge < -0.3 is 15.3 Å². The lowest BCUT2D eigenvalue weighted by Gasteiger charge is -2.17. The van der Waals surface area contributed by atoms with Crippen LogP contribution in [-0.2, 0) is 14.4 Å². The molecular formula is C14H16N2O4S. The Labute approximate surface area is 126 Å². The highest BCUT2D eigenvalue weighted by Crippen LogP contribution is 2.16. The fourth-order valence-electron chi connectivity index (χ4n) is 2.02. The molecule has 0 spiro atoms. The Bertz CT molecular complexity index is 535. The first-order chi connectivity index (χ1) is 10.1. The van der Waals surface area contributed by atoms with Gasteiger partial charge in [0.1, 0.15) is 6.54 Å². The van der Waals surface area contributed by atoms with Crippen LogP contribution >= 0.6 is 11.8 Å². The van der Waals surface area contributed by atoms with Gasteiger partial charge >= 0.3 is 5.97 Å². The molecule has 21 heavy (non-hydrogen) atoms. The molecular weight excluding hydrogens is 292 g/mol. The Balaban J connectivity index is 1.89. The largest absolute Gasteiger partial charge is 0.481 e. The number of hydrogen-bond donors (Lipinski definition) is 2. The molecule has 1 aromatic rings. The Morgan fingerprint density at radius 1 is 1.33 bits per heavy atom. The smallest absolute Gasteiger partial charge is 0.312 e. The average molecular weight is 308 g/mol. The van der Waals surface area contributed by atoms with Crippen LogP contribution in [0.3, 0.4) is 0 Å². The first kappa shape index (κ1) is 15.4. The van der Waals surface area contributed by atoms with Gasteiger partial charge in [-0.15, -0.1) is 11.8 Å². The molecule has 0 radical (unpaired) electrons. The maximum absolute atomic E-state index is 11.8. The minimum atomic E-state index is -0.991. The van der Waals surface area contributed by atoms with Crippen LogP contribution < -0.4 is 5.32 Å². The second kappa shape index (κ2) is 7.12. The van der Waals surface area contributed by atoms with Crippen molar-refractivity contribution >= 4 is 29.5 Å². The van der Waals surface area contributed by atoms with Crippen LogP contribution in [0.25, 0.3) is 0 Å². The van der Waals surface area contributed by atoms with Gasteiger partial charge in [0.25, 0.3) is 0 Å². The fourth-order valence-corrected chi connectivity index (χ4v) is 2.92. The molecule has 1 saturated heterocycles. The molecule has 1 atom stereocenters. The number of aliphatic carboxylic acids is 1. The van der Waals surface area contributed by atoms with Crippen molar-refractivity contribution in [1.82, 2.24) is 10.2 Å². The zero-order valence-electron chi connectivity index (χ0n) is 11.3. The van der Waals surface area contributed by atoms with Crippen molar-refractivity contribution in [3.63, 3.8) is 0 Å². The molecule has 1 aliphatic rings. The van der Waals surface area contributed by atoms with Gasteiger partial charge in [0.15, 0.2) is 0 Å². The van der Waals surface area contributed by atoms with E-state index in [1.165, 1.54) is 16.7 Å². The van der Waals surface area contributed by atoms with E-state index in [4.69, 9.17) is 0 Å². The van der Waals surface area contributed by atoms with Crippen LogP contribution in [0.2, 0.25) is 0 Å². The summed E-state index contributed by atoms with van der Waals surface area (Å²) in [6.45, 7) is -0.0136. The number of carboxylic acid groups (broad SMARTS) is 1. The molecule has 6 nitrogen and oxygen atoms in total. The minimum Gasteiger partial charge on any atom is -0.481 e. The number of carbonyl (C=O) groups excluding carboxylic acids is 2. The summed E-state index contributed by atoms with van der Waals surface area (Å²) in [7, 11) is 0. The zero-order chi connectivity index (χ0) is 15.2. The lowest BCUT2D eigenvalue weighted by atomic mass is 9.99. The van der Waals surface area contributed by atoms with Crippen molar-refractivity contribution in [2.45, 2.75) is 5.92 Å². The van der Waals surface area contributed by atoms with Crippen LogP contribution in [0.5, 0.6) is 0 Å². The molecule has 2 N–H and O–H groups in total. The second-order valence-corrected chi connectivity index (χ2v) is 5.63. The molecule has 0 bridgehead atoms. The highest BCUT2D eigenvalue weighted by atomic mass is 32.2. The van der Waals surface area contributed by atoms with Gasteiger partial charge in [0, 0.05) is 6.54 Å². The van der Waals surface area contributed by atoms with E-state index in [9.17, 15) is 19.5 Å². The third-order valence-electron chi connectivity index (χ3n) is 3.16. The predicted molar refractivity (Wildman–Crippen MR) is 78.9 cm³/mol. The van der Waals surface area contributed by atoms with Crippen molar-refractivity contribution in [2.75, 3.05) is 24.7 Å². The van der Waals surface area contributed by atoms with Gasteiger partial charge in [0.05, 0.1) is 17.5 Å². The van der Waals surface area contributed by atoms with E-state index in [0.717, 1.165) is 0 Å². The van der Waals surface area contributed by atoms with Crippen LogP contribution in [0.1, 0.15) is 11.5 Å². The number of benzene rings is 1. The van der Waals surface area contributed by atoms with Crippen LogP contribution in [0, 0.1) is 0 Å². The summed E-state index contributed by atoms with van der Waals surface area (Å²) in [5, 5.41) is 11.8. The Morgan fingerprint density at radius 2 is 2.05 bits per heavy atom. The molecule has 0 aromatic heterocycles. The number of nitrogens with one attached hydrogen (secondary N) is 1. The Hall–Kier alpha value is -2.02. The summed E-state index contributed by atoms with van der Waals surface area (Å²) in [5.74, 6) is -1.28. The molecule has 1 aromatic carbocycles. The van der Waals surface area contributed by atoms with E-state index in [1.807, 2.05) is 0 Å². The summed E-state index contributed by atoms with van der Waals surface area (Å²) in [4.78, 5) is 36.0. The van der Waals surface area contributed by atoms with Gasteiger partial charge in [-0.05, 0) is 5.56 Å². The summed E-state index contributed by atoms with van der Waals surface area (Å²) in [6, 6.07) is 8.75. The maximum atomic E-state index is 11.8. The van der Waals surface area contributed by atoms with Gasteiger partial charge in [-0.25, -0.2) is 0 Å². The summed E-state index contributed by atoms with van der Waals surface area (Å²) in [6.07, 6.45) is 0. The highest BCUT2D eigenvalue weighted by molar-refractivity contribution is 8.00. The molecule has 1 fully saturated rings. The number of carbonyl (C=O) groups is 3. The summed E-state index contributed by atoms with van der Waals surface area (Å²) in [5.41, 5.74) is 0.637. The summed E-state index contributed by atoms with van der Waals surface area (Å²) < 4.78 is 0. The molecule has 1 heterocycles. The molecule has 7 heteroatoms. The third kappa shape index (κ3) is 4.22. The van der Waals surface area contributed by atoms with Crippen molar-refractivity contribution in [3.05, 3.63) is 35.9 Å². The van der Waals surface area contributed by atoms with Crippen molar-refractivity contribution in [3.8, 4) is 0 Å². The first-order valence-corrected chi connectivity index (χ1v) is 7.63.